The first-order valence-corrected chi connectivity index (χ1v) is 7.16. The van der Waals surface area contributed by atoms with Gasteiger partial charge in [0.2, 0.25) is 0 Å². The van der Waals surface area contributed by atoms with Crippen LogP contribution in [-0.2, 0) is 13.6 Å². The normalized spacial score (nSPS) is 12.3. The van der Waals surface area contributed by atoms with Crippen LogP contribution in [0, 0.1) is 0 Å². The summed E-state index contributed by atoms with van der Waals surface area (Å²) in [5.41, 5.74) is 2.40. The summed E-state index contributed by atoms with van der Waals surface area (Å²) < 4.78 is 7.76. The molecule has 0 aliphatic carbocycles. The van der Waals surface area contributed by atoms with Crippen LogP contribution in [0.1, 0.15) is 37.6 Å². The van der Waals surface area contributed by atoms with Crippen molar-refractivity contribution in [3.05, 3.63) is 48.0 Å². The Labute approximate surface area is 120 Å². The Kier molecular flexibility index (Phi) is 5.18. The number of nitrogens with zero attached hydrogens (tertiary/aromatic N) is 2. The van der Waals surface area contributed by atoms with E-state index in [1.807, 2.05) is 43.2 Å². The number of aryl methyl sites for hydroxylation is 1. The number of hydrogen-bond acceptors (Lipinski definition) is 3. The minimum absolute atomic E-state index is 0.285. The molecule has 1 unspecified atom stereocenters. The Bertz CT molecular complexity index is 536. The van der Waals surface area contributed by atoms with Gasteiger partial charge in [-0.2, -0.15) is 0 Å². The van der Waals surface area contributed by atoms with Crippen molar-refractivity contribution in [2.45, 2.75) is 32.9 Å². The fourth-order valence-electron chi connectivity index (χ4n) is 2.31. The Morgan fingerprint density at radius 3 is 2.75 bits per heavy atom. The number of para-hydroxylation sites is 1. The molecular formula is C16H23N3O. The average Bonchev–Trinajstić information content (AvgIpc) is 2.87. The van der Waals surface area contributed by atoms with Crippen LogP contribution in [0.2, 0.25) is 0 Å². The molecule has 1 aromatic heterocycles. The van der Waals surface area contributed by atoms with E-state index in [9.17, 15) is 0 Å². The number of ether oxygens (including phenoxy) is 1. The lowest BCUT2D eigenvalue weighted by atomic mass is 10.0. The molecule has 0 fully saturated rings. The van der Waals surface area contributed by atoms with Crippen LogP contribution < -0.4 is 10.1 Å². The van der Waals surface area contributed by atoms with E-state index in [2.05, 4.69) is 29.4 Å². The van der Waals surface area contributed by atoms with Gasteiger partial charge in [0, 0.05) is 31.4 Å². The highest BCUT2D eigenvalue weighted by Gasteiger charge is 2.14. The molecule has 20 heavy (non-hydrogen) atoms. The molecule has 0 bridgehead atoms. The third kappa shape index (κ3) is 3.39. The molecule has 0 spiro atoms. The minimum atomic E-state index is 0.285. The fourth-order valence-corrected chi connectivity index (χ4v) is 2.31. The quantitative estimate of drug-likeness (QED) is 0.842. The first-order valence-electron chi connectivity index (χ1n) is 7.16. The molecule has 4 nitrogen and oxygen atoms in total. The lowest BCUT2D eigenvalue weighted by molar-refractivity contribution is 0.330. The van der Waals surface area contributed by atoms with Gasteiger partial charge in [-0.25, -0.2) is 4.98 Å². The molecule has 2 rings (SSSR count). The van der Waals surface area contributed by atoms with Crippen molar-refractivity contribution in [1.29, 1.82) is 0 Å². The zero-order chi connectivity index (χ0) is 14.4. The van der Waals surface area contributed by atoms with Crippen LogP contribution in [0.25, 0.3) is 0 Å². The van der Waals surface area contributed by atoms with Crippen LogP contribution in [0.4, 0.5) is 0 Å². The van der Waals surface area contributed by atoms with Gasteiger partial charge in [-0.3, -0.25) is 0 Å². The molecule has 1 atom stereocenters. The molecule has 0 saturated carbocycles. The SMILES string of the molecule is CCOc1ccccc1C(CC)NCc1cncn1C. The van der Waals surface area contributed by atoms with Gasteiger partial charge in [0.05, 0.1) is 18.6 Å². The summed E-state index contributed by atoms with van der Waals surface area (Å²) in [6.07, 6.45) is 4.74. The van der Waals surface area contributed by atoms with Crippen LogP contribution in [0.15, 0.2) is 36.8 Å². The second-order valence-electron chi connectivity index (χ2n) is 4.81. The van der Waals surface area contributed by atoms with Gasteiger partial charge in [-0.05, 0) is 19.4 Å². The second kappa shape index (κ2) is 7.10. The van der Waals surface area contributed by atoms with Crippen molar-refractivity contribution in [3.8, 4) is 5.75 Å². The van der Waals surface area contributed by atoms with Gasteiger partial charge < -0.3 is 14.6 Å². The molecule has 0 radical (unpaired) electrons. The Hall–Kier alpha value is -1.81. The zero-order valence-corrected chi connectivity index (χ0v) is 12.5. The number of rotatable bonds is 7. The van der Waals surface area contributed by atoms with Crippen LogP contribution >= 0.6 is 0 Å². The van der Waals surface area contributed by atoms with Gasteiger partial charge in [-0.15, -0.1) is 0 Å². The summed E-state index contributed by atoms with van der Waals surface area (Å²) in [5, 5.41) is 3.59. The first-order chi connectivity index (χ1) is 9.76. The lowest BCUT2D eigenvalue weighted by Crippen LogP contribution is -2.22. The summed E-state index contributed by atoms with van der Waals surface area (Å²) in [5.74, 6) is 0.972. The predicted octanol–water partition coefficient (Wildman–Crippen LogP) is 3.06. The lowest BCUT2D eigenvalue weighted by Gasteiger charge is -2.20. The third-order valence-corrected chi connectivity index (χ3v) is 3.45. The summed E-state index contributed by atoms with van der Waals surface area (Å²) >= 11 is 0. The van der Waals surface area contributed by atoms with E-state index in [0.29, 0.717) is 6.61 Å². The van der Waals surface area contributed by atoms with Crippen LogP contribution in [0.3, 0.4) is 0 Å². The van der Waals surface area contributed by atoms with Gasteiger partial charge in [-0.1, -0.05) is 25.1 Å². The maximum atomic E-state index is 5.72. The molecule has 2 aromatic rings. The van der Waals surface area contributed by atoms with E-state index >= 15 is 0 Å². The zero-order valence-electron chi connectivity index (χ0n) is 12.5. The van der Waals surface area contributed by atoms with Crippen LogP contribution in [0.5, 0.6) is 5.75 Å². The topological polar surface area (TPSA) is 39.1 Å². The van der Waals surface area contributed by atoms with Crippen molar-refractivity contribution in [3.63, 3.8) is 0 Å². The van der Waals surface area contributed by atoms with E-state index in [1.165, 1.54) is 11.3 Å². The number of hydrogen-bond donors (Lipinski definition) is 1. The van der Waals surface area contributed by atoms with Gasteiger partial charge in [0.25, 0.3) is 0 Å². The largest absolute Gasteiger partial charge is 0.494 e. The van der Waals surface area contributed by atoms with Gasteiger partial charge in [0.1, 0.15) is 5.75 Å². The standard InChI is InChI=1S/C16H23N3O/c1-4-15(18-11-13-10-17-12-19(13)3)14-8-6-7-9-16(14)20-5-2/h6-10,12,15,18H,4-5,11H2,1-3H3. The third-order valence-electron chi connectivity index (χ3n) is 3.45. The van der Waals surface area contributed by atoms with Crippen molar-refractivity contribution >= 4 is 0 Å². The predicted molar refractivity (Wildman–Crippen MR) is 80.7 cm³/mol. The fraction of sp³-hybridized carbons (Fsp3) is 0.438. The maximum Gasteiger partial charge on any atom is 0.124 e. The molecule has 108 valence electrons. The summed E-state index contributed by atoms with van der Waals surface area (Å²) in [4.78, 5) is 4.14. The molecule has 0 aliphatic heterocycles. The molecule has 1 heterocycles. The number of imidazole rings is 1. The Balaban J connectivity index is 2.10. The molecule has 0 saturated heterocycles. The number of nitrogens with one attached hydrogen (secondary N) is 1. The molecule has 0 aliphatic rings. The van der Waals surface area contributed by atoms with Gasteiger partial charge >= 0.3 is 0 Å². The molecule has 1 N–H and O–H groups in total. The molecular weight excluding hydrogens is 250 g/mol. The highest BCUT2D eigenvalue weighted by molar-refractivity contribution is 5.36. The Morgan fingerprint density at radius 1 is 1.30 bits per heavy atom. The van der Waals surface area contributed by atoms with Crippen molar-refractivity contribution in [2.24, 2.45) is 7.05 Å². The van der Waals surface area contributed by atoms with E-state index < -0.39 is 0 Å². The highest BCUT2D eigenvalue weighted by Crippen LogP contribution is 2.27. The van der Waals surface area contributed by atoms with Gasteiger partial charge in [0.15, 0.2) is 0 Å². The molecule has 4 heteroatoms. The Morgan fingerprint density at radius 2 is 2.10 bits per heavy atom. The summed E-state index contributed by atoms with van der Waals surface area (Å²) in [6.45, 7) is 5.69. The average molecular weight is 273 g/mol. The van der Waals surface area contributed by atoms with Crippen LogP contribution in [-0.4, -0.2) is 16.2 Å². The summed E-state index contributed by atoms with van der Waals surface area (Å²) in [7, 11) is 2.01. The van der Waals surface area contributed by atoms with E-state index in [1.54, 1.807) is 0 Å². The molecule has 0 amide bonds. The summed E-state index contributed by atoms with van der Waals surface area (Å²) in [6, 6.07) is 8.53. The maximum absolute atomic E-state index is 5.72. The van der Waals surface area contributed by atoms with E-state index in [4.69, 9.17) is 4.74 Å². The highest BCUT2D eigenvalue weighted by atomic mass is 16.5. The smallest absolute Gasteiger partial charge is 0.124 e. The van der Waals surface area contributed by atoms with Crippen molar-refractivity contribution in [1.82, 2.24) is 14.9 Å². The van der Waals surface area contributed by atoms with E-state index in [-0.39, 0.29) is 6.04 Å². The first kappa shape index (κ1) is 14.6. The van der Waals surface area contributed by atoms with Crippen molar-refractivity contribution in [2.75, 3.05) is 6.61 Å². The minimum Gasteiger partial charge on any atom is -0.494 e. The number of benzene rings is 1. The second-order valence-corrected chi connectivity index (χ2v) is 4.81. The number of aromatic nitrogens is 2. The van der Waals surface area contributed by atoms with Crippen molar-refractivity contribution < 1.29 is 4.74 Å². The monoisotopic (exact) mass is 273 g/mol. The molecule has 1 aromatic carbocycles. The van der Waals surface area contributed by atoms with E-state index in [0.717, 1.165) is 18.7 Å².